The molecule has 2 atom stereocenters. The number of ether oxygens (including phenoxy) is 1. The number of aliphatic carboxylic acids is 1. The zero-order valence-electron chi connectivity index (χ0n) is 11.3. The highest BCUT2D eigenvalue weighted by atomic mass is 16.5. The van der Waals surface area contributed by atoms with Gasteiger partial charge in [0.15, 0.2) is 6.04 Å². The summed E-state index contributed by atoms with van der Waals surface area (Å²) in [6.07, 6.45) is 0. The van der Waals surface area contributed by atoms with Gasteiger partial charge in [-0.3, -0.25) is 4.79 Å². The fourth-order valence-electron chi connectivity index (χ4n) is 2.26. The van der Waals surface area contributed by atoms with Gasteiger partial charge in [0.1, 0.15) is 5.54 Å². The van der Waals surface area contributed by atoms with E-state index < -0.39 is 23.5 Å². The van der Waals surface area contributed by atoms with Crippen molar-refractivity contribution in [3.63, 3.8) is 0 Å². The third-order valence-corrected chi connectivity index (χ3v) is 3.49. The number of carbonyl (C=O) groups excluding carboxylic acids is 1. The number of rotatable bonds is 3. The lowest BCUT2D eigenvalue weighted by Crippen LogP contribution is -2.59. The number of carboxylic acid groups (broad SMARTS) is 1. The van der Waals surface area contributed by atoms with Gasteiger partial charge >= 0.3 is 5.97 Å². The summed E-state index contributed by atoms with van der Waals surface area (Å²) in [5.41, 5.74) is 5.55. The quantitative estimate of drug-likeness (QED) is 0.822. The Morgan fingerprint density at radius 2 is 2.05 bits per heavy atom. The molecule has 6 heteroatoms. The van der Waals surface area contributed by atoms with Crippen molar-refractivity contribution in [3.8, 4) is 0 Å². The summed E-state index contributed by atoms with van der Waals surface area (Å²) in [5.74, 6) is -1.48. The van der Waals surface area contributed by atoms with Crippen LogP contribution in [0.25, 0.3) is 0 Å². The summed E-state index contributed by atoms with van der Waals surface area (Å²) in [5, 5.41) is 9.18. The highest BCUT2D eigenvalue weighted by Gasteiger charge is 2.41. The van der Waals surface area contributed by atoms with Gasteiger partial charge in [-0.15, -0.1) is 0 Å². The molecule has 0 radical (unpaired) electrons. The van der Waals surface area contributed by atoms with Gasteiger partial charge in [0.2, 0.25) is 5.91 Å². The molecule has 1 saturated heterocycles. The fourth-order valence-corrected chi connectivity index (χ4v) is 2.26. The molecule has 1 aromatic carbocycles. The van der Waals surface area contributed by atoms with Crippen LogP contribution in [0.15, 0.2) is 30.3 Å². The second-order valence-electron chi connectivity index (χ2n) is 5.00. The van der Waals surface area contributed by atoms with Crippen LogP contribution >= 0.6 is 0 Å². The lowest BCUT2D eigenvalue weighted by Gasteiger charge is -2.38. The summed E-state index contributed by atoms with van der Waals surface area (Å²) < 4.78 is 5.13. The maximum Gasteiger partial charge on any atom is 0.328 e. The third-order valence-electron chi connectivity index (χ3n) is 3.49. The van der Waals surface area contributed by atoms with E-state index in [0.717, 1.165) is 0 Å². The number of nitrogens with two attached hydrogens (primary N) is 1. The molecule has 0 saturated carbocycles. The molecule has 20 heavy (non-hydrogen) atoms. The number of morpholine rings is 1. The molecule has 0 aromatic heterocycles. The minimum atomic E-state index is -1.26. The Labute approximate surface area is 117 Å². The molecule has 1 heterocycles. The van der Waals surface area contributed by atoms with Crippen LogP contribution in [0.5, 0.6) is 0 Å². The Morgan fingerprint density at radius 3 is 2.65 bits per heavy atom. The second kappa shape index (κ2) is 5.60. The number of benzene rings is 1. The van der Waals surface area contributed by atoms with Crippen LogP contribution in [0.3, 0.4) is 0 Å². The van der Waals surface area contributed by atoms with Crippen LogP contribution in [0.1, 0.15) is 12.5 Å². The Morgan fingerprint density at radius 1 is 1.40 bits per heavy atom. The van der Waals surface area contributed by atoms with Crippen molar-refractivity contribution in [2.75, 3.05) is 19.8 Å². The number of hydrogen-bond acceptors (Lipinski definition) is 4. The van der Waals surface area contributed by atoms with Crippen molar-refractivity contribution in [1.29, 1.82) is 0 Å². The van der Waals surface area contributed by atoms with E-state index in [0.29, 0.717) is 12.2 Å². The van der Waals surface area contributed by atoms with Crippen molar-refractivity contribution in [2.45, 2.75) is 18.5 Å². The van der Waals surface area contributed by atoms with Crippen molar-refractivity contribution in [3.05, 3.63) is 35.9 Å². The molecule has 108 valence electrons. The molecule has 1 aliphatic heterocycles. The lowest BCUT2D eigenvalue weighted by molar-refractivity contribution is -0.160. The van der Waals surface area contributed by atoms with Crippen molar-refractivity contribution in [1.82, 2.24) is 4.90 Å². The summed E-state index contributed by atoms with van der Waals surface area (Å²) in [4.78, 5) is 25.1. The average Bonchev–Trinajstić information content (AvgIpc) is 2.47. The van der Waals surface area contributed by atoms with E-state index in [1.807, 2.05) is 6.07 Å². The zero-order chi connectivity index (χ0) is 14.8. The molecule has 2 unspecified atom stereocenters. The van der Waals surface area contributed by atoms with E-state index in [1.165, 1.54) is 4.90 Å². The first-order valence-electron chi connectivity index (χ1n) is 6.40. The molecule has 0 aliphatic carbocycles. The average molecular weight is 278 g/mol. The van der Waals surface area contributed by atoms with Crippen molar-refractivity contribution >= 4 is 11.9 Å². The molecule has 0 bridgehead atoms. The smallest absolute Gasteiger partial charge is 0.328 e. The number of nitrogens with zero attached hydrogens (tertiary/aromatic N) is 1. The molecular formula is C14H18N2O4. The van der Waals surface area contributed by atoms with E-state index in [1.54, 1.807) is 31.2 Å². The van der Waals surface area contributed by atoms with Gasteiger partial charge in [0, 0.05) is 6.54 Å². The number of hydrogen-bond donors (Lipinski definition) is 2. The van der Waals surface area contributed by atoms with Crippen LogP contribution in [-0.2, 0) is 19.9 Å². The van der Waals surface area contributed by atoms with E-state index in [9.17, 15) is 14.7 Å². The number of carbonyl (C=O) groups is 2. The standard InChI is InChI=1S/C14H18N2O4/c1-14(15,10-5-3-2-4-6-10)13(19)16-7-8-20-9-11(16)12(17)18/h2-6,11H,7-9,15H2,1H3,(H,17,18). The minimum Gasteiger partial charge on any atom is -0.480 e. The summed E-state index contributed by atoms with van der Waals surface area (Å²) in [6.45, 7) is 2.14. The predicted molar refractivity (Wildman–Crippen MR) is 71.9 cm³/mol. The summed E-state index contributed by atoms with van der Waals surface area (Å²) >= 11 is 0. The van der Waals surface area contributed by atoms with Crippen LogP contribution in [0.4, 0.5) is 0 Å². The lowest BCUT2D eigenvalue weighted by atomic mass is 9.91. The highest BCUT2D eigenvalue weighted by Crippen LogP contribution is 2.22. The molecule has 1 aliphatic rings. The first-order chi connectivity index (χ1) is 9.44. The van der Waals surface area contributed by atoms with Gasteiger partial charge in [0.25, 0.3) is 0 Å². The van der Waals surface area contributed by atoms with E-state index in [2.05, 4.69) is 0 Å². The monoisotopic (exact) mass is 278 g/mol. The molecule has 0 spiro atoms. The van der Waals surface area contributed by atoms with Gasteiger partial charge in [-0.25, -0.2) is 4.79 Å². The Bertz CT molecular complexity index is 501. The molecule has 1 aromatic rings. The highest BCUT2D eigenvalue weighted by molar-refractivity contribution is 5.90. The largest absolute Gasteiger partial charge is 0.480 e. The normalized spacial score (nSPS) is 22.1. The van der Waals surface area contributed by atoms with Gasteiger partial charge in [-0.05, 0) is 12.5 Å². The Hall–Kier alpha value is -1.92. The maximum atomic E-state index is 12.6. The van der Waals surface area contributed by atoms with Gasteiger partial charge in [-0.1, -0.05) is 30.3 Å². The fraction of sp³-hybridized carbons (Fsp3) is 0.429. The molecule has 1 amide bonds. The maximum absolute atomic E-state index is 12.6. The van der Waals surface area contributed by atoms with Gasteiger partial charge in [0.05, 0.1) is 13.2 Å². The van der Waals surface area contributed by atoms with E-state index in [4.69, 9.17) is 10.5 Å². The molecule has 3 N–H and O–H groups in total. The van der Waals surface area contributed by atoms with Gasteiger partial charge < -0.3 is 20.5 Å². The Balaban J connectivity index is 2.27. The summed E-state index contributed by atoms with van der Waals surface area (Å²) in [7, 11) is 0. The van der Waals surface area contributed by atoms with Crippen LogP contribution in [-0.4, -0.2) is 47.7 Å². The van der Waals surface area contributed by atoms with E-state index in [-0.39, 0.29) is 13.2 Å². The predicted octanol–water partition coefficient (Wildman–Crippen LogP) is 0.173. The van der Waals surface area contributed by atoms with Crippen molar-refractivity contribution in [2.24, 2.45) is 5.73 Å². The SMILES string of the molecule is CC(N)(C(=O)N1CCOCC1C(=O)O)c1ccccc1. The molecular weight excluding hydrogens is 260 g/mol. The number of amides is 1. The van der Waals surface area contributed by atoms with Crippen LogP contribution in [0.2, 0.25) is 0 Å². The zero-order valence-corrected chi connectivity index (χ0v) is 11.3. The van der Waals surface area contributed by atoms with Gasteiger partial charge in [-0.2, -0.15) is 0 Å². The first-order valence-corrected chi connectivity index (χ1v) is 6.40. The van der Waals surface area contributed by atoms with Crippen molar-refractivity contribution < 1.29 is 19.4 Å². The third kappa shape index (κ3) is 2.66. The molecule has 2 rings (SSSR count). The summed E-state index contributed by atoms with van der Waals surface area (Å²) in [6, 6.07) is 7.95. The number of carboxylic acids is 1. The molecule has 1 fully saturated rings. The Kier molecular flexibility index (Phi) is 4.06. The first kappa shape index (κ1) is 14.5. The minimum absolute atomic E-state index is 0.00799. The van der Waals surface area contributed by atoms with E-state index >= 15 is 0 Å². The van der Waals surface area contributed by atoms with Crippen LogP contribution < -0.4 is 5.73 Å². The second-order valence-corrected chi connectivity index (χ2v) is 5.00. The van der Waals surface area contributed by atoms with Crippen LogP contribution in [0, 0.1) is 0 Å². The topological polar surface area (TPSA) is 92.9 Å². The molecule has 6 nitrogen and oxygen atoms in total.